The molecular weight excluding hydrogens is 254 g/mol. The van der Waals surface area contributed by atoms with Gasteiger partial charge in [-0.1, -0.05) is 0 Å². The van der Waals surface area contributed by atoms with Crippen molar-refractivity contribution in [3.8, 4) is 5.75 Å². The molecule has 1 aromatic rings. The van der Waals surface area contributed by atoms with Crippen molar-refractivity contribution in [1.82, 2.24) is 4.90 Å². The van der Waals surface area contributed by atoms with Gasteiger partial charge in [0.2, 0.25) is 0 Å². The second kappa shape index (κ2) is 6.75. The summed E-state index contributed by atoms with van der Waals surface area (Å²) < 4.78 is 5.57. The van der Waals surface area contributed by atoms with E-state index in [2.05, 4.69) is 0 Å². The first kappa shape index (κ1) is 14.9. The number of benzene rings is 1. The van der Waals surface area contributed by atoms with Crippen molar-refractivity contribution < 1.29 is 14.6 Å². The van der Waals surface area contributed by atoms with Gasteiger partial charge < -0.3 is 14.7 Å². The molecule has 0 aromatic heterocycles. The minimum atomic E-state index is -0.000142. The number of aliphatic hydroxyl groups excluding tert-OH is 1. The summed E-state index contributed by atoms with van der Waals surface area (Å²) in [7, 11) is 0. The Hall–Kier alpha value is -1.55. The van der Waals surface area contributed by atoms with Gasteiger partial charge in [-0.3, -0.25) is 4.79 Å². The third kappa shape index (κ3) is 3.51. The number of ether oxygens (including phenoxy) is 1. The van der Waals surface area contributed by atoms with E-state index < -0.39 is 0 Å². The Kier molecular flexibility index (Phi) is 5.01. The van der Waals surface area contributed by atoms with E-state index in [1.165, 1.54) is 6.42 Å². The predicted octanol–water partition coefficient (Wildman–Crippen LogP) is 2.46. The highest BCUT2D eigenvalue weighted by Gasteiger charge is 2.28. The average Bonchev–Trinajstić information content (AvgIpc) is 2.35. The van der Waals surface area contributed by atoms with Gasteiger partial charge in [0.15, 0.2) is 0 Å². The van der Waals surface area contributed by atoms with E-state index in [0.717, 1.165) is 18.6 Å². The molecule has 0 aliphatic heterocycles. The third-order valence-electron chi connectivity index (χ3n) is 3.59. The van der Waals surface area contributed by atoms with Crippen LogP contribution in [0.5, 0.6) is 5.75 Å². The molecule has 1 amide bonds. The van der Waals surface area contributed by atoms with Crippen molar-refractivity contribution in [2.75, 3.05) is 13.2 Å². The van der Waals surface area contributed by atoms with Gasteiger partial charge in [-0.15, -0.1) is 0 Å². The van der Waals surface area contributed by atoms with Gasteiger partial charge in [0.25, 0.3) is 5.91 Å². The fraction of sp³-hybridized carbons (Fsp3) is 0.562. The van der Waals surface area contributed by atoms with Crippen molar-refractivity contribution in [2.45, 2.75) is 45.3 Å². The van der Waals surface area contributed by atoms with Crippen LogP contribution < -0.4 is 4.74 Å². The van der Waals surface area contributed by atoms with Crippen LogP contribution in [0.3, 0.4) is 0 Å². The van der Waals surface area contributed by atoms with E-state index >= 15 is 0 Å². The Bertz CT molecular complexity index is 438. The standard InChI is InChI=1S/C16H23NO3/c1-12(2)20-15-8-6-13(7-9-15)16(19)17(10-11-18)14-4-3-5-14/h6-9,12,14,18H,3-5,10-11H2,1-2H3. The molecule has 110 valence electrons. The minimum Gasteiger partial charge on any atom is -0.491 e. The first-order chi connectivity index (χ1) is 9.61. The number of carbonyl (C=O) groups is 1. The number of amides is 1. The number of carbonyl (C=O) groups excluding carboxylic acids is 1. The lowest BCUT2D eigenvalue weighted by Gasteiger charge is -2.37. The number of nitrogens with zero attached hydrogens (tertiary/aromatic N) is 1. The molecule has 0 spiro atoms. The molecule has 0 bridgehead atoms. The molecule has 1 aliphatic rings. The summed E-state index contributed by atoms with van der Waals surface area (Å²) in [6.07, 6.45) is 3.37. The topological polar surface area (TPSA) is 49.8 Å². The van der Waals surface area contributed by atoms with Gasteiger partial charge in [-0.2, -0.15) is 0 Å². The molecule has 4 heteroatoms. The molecule has 4 nitrogen and oxygen atoms in total. The molecular formula is C16H23NO3. The van der Waals surface area contributed by atoms with E-state index in [0.29, 0.717) is 18.2 Å². The summed E-state index contributed by atoms with van der Waals surface area (Å²) >= 11 is 0. The molecule has 1 aromatic carbocycles. The van der Waals surface area contributed by atoms with Crippen molar-refractivity contribution in [1.29, 1.82) is 0 Å². The summed E-state index contributed by atoms with van der Waals surface area (Å²) in [4.78, 5) is 14.3. The summed E-state index contributed by atoms with van der Waals surface area (Å²) in [6.45, 7) is 4.36. The first-order valence-corrected chi connectivity index (χ1v) is 7.30. The quantitative estimate of drug-likeness (QED) is 0.869. The molecule has 0 unspecified atom stereocenters. The lowest BCUT2D eigenvalue weighted by atomic mass is 9.91. The second-order valence-corrected chi connectivity index (χ2v) is 5.50. The maximum absolute atomic E-state index is 12.5. The van der Waals surface area contributed by atoms with Crippen LogP contribution in [0.1, 0.15) is 43.5 Å². The van der Waals surface area contributed by atoms with Gasteiger partial charge in [-0.05, 0) is 57.4 Å². The van der Waals surface area contributed by atoms with Crippen molar-refractivity contribution in [2.24, 2.45) is 0 Å². The monoisotopic (exact) mass is 277 g/mol. The molecule has 2 rings (SSSR count). The predicted molar refractivity (Wildman–Crippen MR) is 78.0 cm³/mol. The number of hydrogen-bond donors (Lipinski definition) is 1. The highest BCUT2D eigenvalue weighted by atomic mass is 16.5. The van der Waals surface area contributed by atoms with Gasteiger partial charge >= 0.3 is 0 Å². The van der Waals surface area contributed by atoms with Crippen molar-refractivity contribution in [3.05, 3.63) is 29.8 Å². The van der Waals surface area contributed by atoms with E-state index in [-0.39, 0.29) is 18.6 Å². The number of hydrogen-bond acceptors (Lipinski definition) is 3. The van der Waals surface area contributed by atoms with Crippen molar-refractivity contribution in [3.63, 3.8) is 0 Å². The lowest BCUT2D eigenvalue weighted by Crippen LogP contribution is -2.45. The zero-order chi connectivity index (χ0) is 14.5. The fourth-order valence-corrected chi connectivity index (χ4v) is 2.37. The SMILES string of the molecule is CC(C)Oc1ccc(C(=O)N(CCO)C2CCC2)cc1. The summed E-state index contributed by atoms with van der Waals surface area (Å²) in [5.74, 6) is 0.772. The van der Waals surface area contributed by atoms with Crippen LogP contribution >= 0.6 is 0 Å². The largest absolute Gasteiger partial charge is 0.491 e. The van der Waals surface area contributed by atoms with Crippen LogP contribution in [0, 0.1) is 0 Å². The zero-order valence-electron chi connectivity index (χ0n) is 12.2. The highest BCUT2D eigenvalue weighted by Crippen LogP contribution is 2.26. The normalized spacial score (nSPS) is 15.0. The van der Waals surface area contributed by atoms with Gasteiger partial charge in [0.1, 0.15) is 5.75 Å². The van der Waals surface area contributed by atoms with E-state index in [9.17, 15) is 4.79 Å². The zero-order valence-corrected chi connectivity index (χ0v) is 12.2. The van der Waals surface area contributed by atoms with Crippen LogP contribution in [0.15, 0.2) is 24.3 Å². The third-order valence-corrected chi connectivity index (χ3v) is 3.59. The Labute approximate surface area is 120 Å². The average molecular weight is 277 g/mol. The fourth-order valence-electron chi connectivity index (χ4n) is 2.37. The Morgan fingerprint density at radius 1 is 1.35 bits per heavy atom. The number of rotatable bonds is 6. The first-order valence-electron chi connectivity index (χ1n) is 7.30. The van der Waals surface area contributed by atoms with Crippen LogP contribution in [0.25, 0.3) is 0 Å². The summed E-state index contributed by atoms with van der Waals surface area (Å²) in [5, 5.41) is 9.13. The second-order valence-electron chi connectivity index (χ2n) is 5.50. The van der Waals surface area contributed by atoms with Gasteiger partial charge in [0.05, 0.1) is 12.7 Å². The van der Waals surface area contributed by atoms with E-state index in [1.54, 1.807) is 17.0 Å². The maximum Gasteiger partial charge on any atom is 0.254 e. The molecule has 1 fully saturated rings. The smallest absolute Gasteiger partial charge is 0.254 e. The molecule has 1 aliphatic carbocycles. The maximum atomic E-state index is 12.5. The highest BCUT2D eigenvalue weighted by molar-refractivity contribution is 5.94. The van der Waals surface area contributed by atoms with Crippen molar-refractivity contribution >= 4 is 5.91 Å². The Morgan fingerprint density at radius 3 is 2.45 bits per heavy atom. The number of aliphatic hydroxyl groups is 1. The lowest BCUT2D eigenvalue weighted by molar-refractivity contribution is 0.0526. The summed E-state index contributed by atoms with van der Waals surface area (Å²) in [5.41, 5.74) is 0.654. The van der Waals surface area contributed by atoms with E-state index in [1.807, 2.05) is 26.0 Å². The molecule has 0 atom stereocenters. The minimum absolute atomic E-state index is 0.000142. The molecule has 1 N–H and O–H groups in total. The van der Waals surface area contributed by atoms with Gasteiger partial charge in [0, 0.05) is 18.2 Å². The van der Waals surface area contributed by atoms with Gasteiger partial charge in [-0.25, -0.2) is 0 Å². The Morgan fingerprint density at radius 2 is 2.00 bits per heavy atom. The molecule has 1 saturated carbocycles. The van der Waals surface area contributed by atoms with Crippen LogP contribution in [-0.4, -0.2) is 41.2 Å². The Balaban J connectivity index is 2.06. The molecule has 0 heterocycles. The van der Waals surface area contributed by atoms with E-state index in [4.69, 9.17) is 9.84 Å². The summed E-state index contributed by atoms with van der Waals surface area (Å²) in [6, 6.07) is 7.53. The van der Waals surface area contributed by atoms with Crippen LogP contribution in [0.2, 0.25) is 0 Å². The molecule has 0 radical (unpaired) electrons. The van der Waals surface area contributed by atoms with Crippen LogP contribution in [0.4, 0.5) is 0 Å². The molecule has 20 heavy (non-hydrogen) atoms. The van der Waals surface area contributed by atoms with Crippen LogP contribution in [-0.2, 0) is 0 Å². The molecule has 0 saturated heterocycles.